The molecule has 6 heterocycles. The molecule has 0 saturated carbocycles. The summed E-state index contributed by atoms with van der Waals surface area (Å²) in [7, 11) is -1.33. The van der Waals surface area contributed by atoms with Crippen molar-refractivity contribution in [3.05, 3.63) is 43.8 Å². The van der Waals surface area contributed by atoms with Crippen molar-refractivity contribution in [1.82, 2.24) is 0 Å². The Morgan fingerprint density at radius 2 is 0.935 bits per heavy atom. The van der Waals surface area contributed by atoms with Gasteiger partial charge in [0.05, 0.1) is 19.5 Å². The number of fused-ring (bicyclic) bond motifs is 10. The third-order valence-electron chi connectivity index (χ3n) is 6.46. The molecule has 162 valence electrons. The summed E-state index contributed by atoms with van der Waals surface area (Å²) in [6.45, 7) is 14.0. The molecule has 0 nitrogen and oxygen atoms in total. The predicted octanol–water partition coefficient (Wildman–Crippen LogP) is 10.2. The number of rotatable bonds is 3. The molecule has 2 aliphatic heterocycles. The molecule has 0 bridgehead atoms. The van der Waals surface area contributed by atoms with Gasteiger partial charge in [0, 0.05) is 39.1 Å². The Bertz CT molecular complexity index is 1280. The maximum Gasteiger partial charge on any atom is 0.0587 e. The van der Waals surface area contributed by atoms with Crippen molar-refractivity contribution in [3.63, 3.8) is 0 Å². The average molecular weight is 501 g/mol. The Hall–Kier alpha value is -0.850. The SMILES string of the molecule is CCc1cc2c(s1)-c1sc(CC)cc1S21c2cc(CC)sc2-c2sc(C(C)(C)C)cc21. The fourth-order valence-electron chi connectivity index (χ4n) is 4.79. The highest BCUT2D eigenvalue weighted by Crippen LogP contribution is 2.88. The lowest BCUT2D eigenvalue weighted by atomic mass is 9.95. The standard InChI is InChI=1S/C26H28S5/c1-7-14-10-17-22(27-14)23-18(11-15(8-2)28-23)31(17)19-12-16(9-3)29-24(19)25-20(31)13-21(30-25)26(4,5)6/h10-13H,7-9H2,1-6H3. The van der Waals surface area contributed by atoms with Crippen LogP contribution in [0.4, 0.5) is 0 Å². The highest BCUT2D eigenvalue weighted by molar-refractivity contribution is 8.35. The Kier molecular flexibility index (Phi) is 4.57. The van der Waals surface area contributed by atoms with Crippen LogP contribution < -0.4 is 0 Å². The summed E-state index contributed by atoms with van der Waals surface area (Å²) in [6.07, 6.45) is 3.40. The molecule has 5 heteroatoms. The van der Waals surface area contributed by atoms with Crippen molar-refractivity contribution in [2.24, 2.45) is 0 Å². The van der Waals surface area contributed by atoms with Gasteiger partial charge in [-0.3, -0.25) is 0 Å². The lowest BCUT2D eigenvalue weighted by Crippen LogP contribution is -2.08. The van der Waals surface area contributed by atoms with Gasteiger partial charge in [0.1, 0.15) is 0 Å². The van der Waals surface area contributed by atoms with Crippen LogP contribution >= 0.6 is 55.4 Å². The van der Waals surface area contributed by atoms with Gasteiger partial charge in [-0.25, -0.2) is 0 Å². The summed E-state index contributed by atoms with van der Waals surface area (Å²) in [4.78, 5) is 19.1. The lowest BCUT2D eigenvalue weighted by Gasteiger charge is -2.33. The second kappa shape index (κ2) is 6.83. The van der Waals surface area contributed by atoms with E-state index in [2.05, 4.69) is 111 Å². The maximum absolute atomic E-state index is 2.61. The van der Waals surface area contributed by atoms with Crippen molar-refractivity contribution >= 4 is 55.4 Å². The maximum atomic E-state index is 2.61. The molecule has 4 aromatic heterocycles. The third kappa shape index (κ3) is 2.59. The second-order valence-corrected chi connectivity index (χ2v) is 16.9. The van der Waals surface area contributed by atoms with Crippen LogP contribution in [0.15, 0.2) is 43.8 Å². The zero-order valence-corrected chi connectivity index (χ0v) is 23.1. The zero-order valence-electron chi connectivity index (χ0n) is 19.0. The first kappa shape index (κ1) is 20.7. The summed E-state index contributed by atoms with van der Waals surface area (Å²) in [5.41, 5.74) is 0.192. The van der Waals surface area contributed by atoms with Gasteiger partial charge in [-0.15, -0.1) is 55.4 Å². The summed E-state index contributed by atoms with van der Waals surface area (Å²) >= 11 is 8.25. The Balaban J connectivity index is 1.76. The topological polar surface area (TPSA) is 0 Å². The van der Waals surface area contributed by atoms with E-state index < -0.39 is 10.0 Å². The van der Waals surface area contributed by atoms with Gasteiger partial charge in [0.15, 0.2) is 0 Å². The summed E-state index contributed by atoms with van der Waals surface area (Å²) < 4.78 is 0. The van der Waals surface area contributed by atoms with E-state index >= 15 is 0 Å². The van der Waals surface area contributed by atoms with Crippen LogP contribution in [-0.2, 0) is 24.7 Å². The Morgan fingerprint density at radius 1 is 0.581 bits per heavy atom. The van der Waals surface area contributed by atoms with Crippen LogP contribution in [0.1, 0.15) is 61.1 Å². The first-order valence-electron chi connectivity index (χ1n) is 11.2. The summed E-state index contributed by atoms with van der Waals surface area (Å²) in [5.74, 6) is 0. The van der Waals surface area contributed by atoms with Crippen LogP contribution in [0.3, 0.4) is 0 Å². The molecule has 4 aromatic rings. The van der Waals surface area contributed by atoms with Crippen LogP contribution in [0.25, 0.3) is 19.5 Å². The van der Waals surface area contributed by atoms with Crippen molar-refractivity contribution < 1.29 is 0 Å². The van der Waals surface area contributed by atoms with Crippen molar-refractivity contribution in [1.29, 1.82) is 0 Å². The van der Waals surface area contributed by atoms with Crippen LogP contribution in [0, 0.1) is 0 Å². The fraction of sp³-hybridized carbons (Fsp3) is 0.385. The third-order valence-corrected chi connectivity index (χ3v) is 16.6. The summed E-state index contributed by atoms with van der Waals surface area (Å²) in [5, 5.41) is 0. The molecule has 0 amide bonds. The molecule has 6 rings (SSSR count). The molecular formula is C26H28S5. The highest BCUT2D eigenvalue weighted by Gasteiger charge is 2.52. The minimum atomic E-state index is -1.33. The van der Waals surface area contributed by atoms with Gasteiger partial charge in [0.25, 0.3) is 0 Å². The van der Waals surface area contributed by atoms with E-state index in [9.17, 15) is 0 Å². The fourth-order valence-corrected chi connectivity index (χ4v) is 15.9. The molecule has 0 unspecified atom stereocenters. The lowest BCUT2D eigenvalue weighted by molar-refractivity contribution is 0.603. The number of hydrogen-bond acceptors (Lipinski definition) is 4. The Labute approximate surface area is 203 Å². The molecular weight excluding hydrogens is 473 g/mol. The van der Waals surface area contributed by atoms with E-state index in [4.69, 9.17) is 0 Å². The normalized spacial score (nSPS) is 16.5. The average Bonchev–Trinajstić information content (AvgIpc) is 3.52. The molecule has 0 N–H and O–H groups in total. The van der Waals surface area contributed by atoms with Crippen molar-refractivity contribution in [2.45, 2.75) is 85.8 Å². The Morgan fingerprint density at radius 3 is 1.29 bits per heavy atom. The monoisotopic (exact) mass is 500 g/mol. The van der Waals surface area contributed by atoms with E-state index in [1.165, 1.54) is 4.88 Å². The molecule has 1 spiro atoms. The number of thiophene rings is 4. The predicted molar refractivity (Wildman–Crippen MR) is 143 cm³/mol. The van der Waals surface area contributed by atoms with Gasteiger partial charge in [-0.05, 0) is 48.9 Å². The first-order chi connectivity index (χ1) is 14.8. The number of aryl methyl sites for hydroxylation is 3. The molecule has 2 aliphatic rings. The molecule has 0 radical (unpaired) electrons. The van der Waals surface area contributed by atoms with Gasteiger partial charge >= 0.3 is 0 Å². The van der Waals surface area contributed by atoms with Crippen LogP contribution in [0.2, 0.25) is 0 Å². The molecule has 0 fully saturated rings. The molecule has 0 aromatic carbocycles. The molecule has 31 heavy (non-hydrogen) atoms. The first-order valence-corrected chi connectivity index (χ1v) is 16.1. The summed E-state index contributed by atoms with van der Waals surface area (Å²) in [6, 6.07) is 10.4. The van der Waals surface area contributed by atoms with Gasteiger partial charge < -0.3 is 0 Å². The van der Waals surface area contributed by atoms with Crippen molar-refractivity contribution in [3.8, 4) is 19.5 Å². The van der Waals surface area contributed by atoms with Crippen LogP contribution in [-0.4, -0.2) is 0 Å². The highest BCUT2D eigenvalue weighted by atomic mass is 32.3. The number of hydrogen-bond donors (Lipinski definition) is 0. The van der Waals surface area contributed by atoms with Gasteiger partial charge in [-0.2, -0.15) is 0 Å². The molecule has 0 atom stereocenters. The van der Waals surface area contributed by atoms with E-state index in [0.29, 0.717) is 0 Å². The van der Waals surface area contributed by atoms with E-state index in [1.807, 2.05) is 0 Å². The van der Waals surface area contributed by atoms with E-state index in [-0.39, 0.29) is 5.41 Å². The smallest absolute Gasteiger partial charge is 0.0587 e. The quantitative estimate of drug-likeness (QED) is 0.227. The van der Waals surface area contributed by atoms with E-state index in [1.54, 1.807) is 53.7 Å². The minimum absolute atomic E-state index is 0.192. The molecule has 0 saturated heterocycles. The van der Waals surface area contributed by atoms with Gasteiger partial charge in [0.2, 0.25) is 0 Å². The largest absolute Gasteiger partial charge is 0.138 e. The minimum Gasteiger partial charge on any atom is -0.138 e. The van der Waals surface area contributed by atoms with Crippen LogP contribution in [0.5, 0.6) is 0 Å². The molecule has 0 aliphatic carbocycles. The van der Waals surface area contributed by atoms with Gasteiger partial charge in [-0.1, -0.05) is 41.5 Å². The zero-order chi connectivity index (χ0) is 21.7. The van der Waals surface area contributed by atoms with Crippen molar-refractivity contribution in [2.75, 3.05) is 0 Å². The second-order valence-electron chi connectivity index (χ2n) is 9.45. The van der Waals surface area contributed by atoms with E-state index in [0.717, 1.165) is 19.3 Å².